The predicted octanol–water partition coefficient (Wildman–Crippen LogP) is 5.19. The van der Waals surface area contributed by atoms with Gasteiger partial charge in [0.2, 0.25) is 5.91 Å². The topological polar surface area (TPSA) is 76.5 Å². The maximum absolute atomic E-state index is 14.0. The highest BCUT2D eigenvalue weighted by Gasteiger charge is 2.49. The van der Waals surface area contributed by atoms with Crippen LogP contribution in [0.3, 0.4) is 0 Å². The maximum atomic E-state index is 14.0. The summed E-state index contributed by atoms with van der Waals surface area (Å²) in [5, 5.41) is 9.99. The second-order valence-corrected chi connectivity index (χ2v) is 10.6. The summed E-state index contributed by atoms with van der Waals surface area (Å²) in [6, 6.07) is 11.6. The number of anilines is 1. The van der Waals surface area contributed by atoms with Gasteiger partial charge in [-0.05, 0) is 74.9 Å². The van der Waals surface area contributed by atoms with Gasteiger partial charge in [0.1, 0.15) is 22.7 Å². The summed E-state index contributed by atoms with van der Waals surface area (Å²) >= 11 is 1.58. The van der Waals surface area contributed by atoms with Gasteiger partial charge in [-0.1, -0.05) is 25.3 Å². The number of rotatable bonds is 6. The van der Waals surface area contributed by atoms with E-state index in [2.05, 4.69) is 5.32 Å². The highest BCUT2D eigenvalue weighted by Crippen LogP contribution is 2.37. The van der Waals surface area contributed by atoms with E-state index in [9.17, 15) is 9.59 Å². The van der Waals surface area contributed by atoms with Gasteiger partial charge < -0.3 is 10.1 Å². The van der Waals surface area contributed by atoms with Crippen LogP contribution in [0.25, 0.3) is 10.6 Å². The van der Waals surface area contributed by atoms with Gasteiger partial charge in [0, 0.05) is 11.7 Å². The molecule has 184 valence electrons. The highest BCUT2D eigenvalue weighted by molar-refractivity contribution is 7.13. The van der Waals surface area contributed by atoms with Gasteiger partial charge in [-0.2, -0.15) is 5.10 Å². The molecule has 3 aromatic rings. The zero-order chi connectivity index (χ0) is 24.6. The molecule has 0 saturated heterocycles. The lowest BCUT2D eigenvalue weighted by molar-refractivity contribution is -0.127. The molecule has 7 nitrogen and oxygen atoms in total. The monoisotopic (exact) mass is 492 g/mol. The van der Waals surface area contributed by atoms with E-state index in [1.165, 1.54) is 6.42 Å². The molecule has 3 heterocycles. The summed E-state index contributed by atoms with van der Waals surface area (Å²) in [6.45, 7) is 6.60. The van der Waals surface area contributed by atoms with E-state index in [0.29, 0.717) is 18.0 Å². The van der Waals surface area contributed by atoms with Crippen molar-refractivity contribution < 1.29 is 14.3 Å². The summed E-state index contributed by atoms with van der Waals surface area (Å²) in [7, 11) is 0. The smallest absolute Gasteiger partial charge is 0.277 e. The lowest BCUT2D eigenvalue weighted by Crippen LogP contribution is -2.65. The quantitative estimate of drug-likeness (QED) is 0.514. The Morgan fingerprint density at radius 3 is 2.71 bits per heavy atom. The number of hydrogen-bond acceptors (Lipinski definition) is 5. The van der Waals surface area contributed by atoms with Gasteiger partial charge in [0.15, 0.2) is 0 Å². The Bertz CT molecular complexity index is 1230. The number of aryl methyl sites for hydroxylation is 1. The van der Waals surface area contributed by atoms with E-state index in [4.69, 9.17) is 9.84 Å². The van der Waals surface area contributed by atoms with E-state index < -0.39 is 5.54 Å². The molecule has 35 heavy (non-hydrogen) atoms. The lowest BCUT2D eigenvalue weighted by Gasteiger charge is -2.44. The molecule has 2 aromatic heterocycles. The maximum Gasteiger partial charge on any atom is 0.277 e. The predicted molar refractivity (Wildman–Crippen MR) is 138 cm³/mol. The van der Waals surface area contributed by atoms with Gasteiger partial charge in [-0.3, -0.25) is 19.2 Å². The fourth-order valence-corrected chi connectivity index (χ4v) is 5.89. The van der Waals surface area contributed by atoms with Gasteiger partial charge >= 0.3 is 0 Å². The number of hydrogen-bond donors (Lipinski definition) is 1. The summed E-state index contributed by atoms with van der Waals surface area (Å²) in [4.78, 5) is 30.5. The van der Waals surface area contributed by atoms with Gasteiger partial charge in [-0.25, -0.2) is 0 Å². The van der Waals surface area contributed by atoms with Crippen molar-refractivity contribution in [3.05, 3.63) is 53.0 Å². The third kappa shape index (κ3) is 4.35. The number of nitrogens with one attached hydrogen (secondary N) is 1. The summed E-state index contributed by atoms with van der Waals surface area (Å²) in [5.41, 5.74) is 1.72. The lowest BCUT2D eigenvalue weighted by atomic mass is 9.91. The van der Waals surface area contributed by atoms with Crippen molar-refractivity contribution in [2.75, 3.05) is 11.5 Å². The number of carbonyl (C=O) groups is 2. The molecule has 1 aliphatic carbocycles. The molecule has 1 unspecified atom stereocenters. The molecule has 5 rings (SSSR count). The molecule has 1 aromatic carbocycles. The third-order valence-corrected chi connectivity index (χ3v) is 7.97. The van der Waals surface area contributed by atoms with Crippen LogP contribution in [0.5, 0.6) is 5.75 Å². The van der Waals surface area contributed by atoms with E-state index >= 15 is 0 Å². The molecule has 1 atom stereocenters. The molecular weight excluding hydrogens is 460 g/mol. The first-order chi connectivity index (χ1) is 16.9. The molecule has 1 saturated carbocycles. The number of aromatic nitrogens is 2. The zero-order valence-electron chi connectivity index (χ0n) is 20.5. The molecule has 0 bridgehead atoms. The number of amides is 2. The fourth-order valence-electron chi connectivity index (χ4n) is 5.21. The Morgan fingerprint density at radius 1 is 1.23 bits per heavy atom. The van der Waals surface area contributed by atoms with E-state index in [-0.39, 0.29) is 24.4 Å². The first kappa shape index (κ1) is 23.6. The van der Waals surface area contributed by atoms with Crippen molar-refractivity contribution in [2.45, 2.75) is 71.0 Å². The number of ether oxygens (including phenoxy) is 1. The minimum Gasteiger partial charge on any atom is -0.494 e. The number of fused-ring (bicyclic) bond motifs is 1. The second-order valence-electron chi connectivity index (χ2n) is 9.66. The van der Waals surface area contributed by atoms with E-state index in [1.807, 2.05) is 62.5 Å². The fraction of sp³-hybridized carbons (Fsp3) is 0.444. The Morgan fingerprint density at radius 2 is 2.03 bits per heavy atom. The van der Waals surface area contributed by atoms with E-state index in [0.717, 1.165) is 47.6 Å². The Kier molecular flexibility index (Phi) is 6.40. The number of thiophene rings is 1. The van der Waals surface area contributed by atoms with Crippen molar-refractivity contribution in [1.29, 1.82) is 0 Å². The molecular formula is C27H32N4O3S. The first-order valence-electron chi connectivity index (χ1n) is 12.4. The average molecular weight is 493 g/mol. The van der Waals surface area contributed by atoms with Crippen LogP contribution >= 0.6 is 11.3 Å². The molecule has 0 radical (unpaired) electrons. The Balaban J connectivity index is 1.56. The van der Waals surface area contributed by atoms with Crippen LogP contribution in [0.1, 0.15) is 62.0 Å². The normalized spacial score (nSPS) is 20.5. The van der Waals surface area contributed by atoms with Crippen LogP contribution in [-0.4, -0.2) is 39.8 Å². The minimum atomic E-state index is -1.13. The Labute approximate surface area is 210 Å². The SMILES string of the molecule is CCOc1ccc(N2C(=O)c3cc(-c4cccs4)nn3CC2(C)C(=O)NC2CCCCC2)cc1C. The first-order valence-corrected chi connectivity index (χ1v) is 13.3. The van der Waals surface area contributed by atoms with Gasteiger partial charge in [-0.15, -0.1) is 11.3 Å². The van der Waals surface area contributed by atoms with Crippen molar-refractivity contribution in [3.63, 3.8) is 0 Å². The average Bonchev–Trinajstić information content (AvgIpc) is 3.52. The summed E-state index contributed by atoms with van der Waals surface area (Å²) in [6.07, 6.45) is 5.41. The number of carbonyl (C=O) groups excluding carboxylic acids is 2. The molecule has 1 fully saturated rings. The van der Waals surface area contributed by atoms with Crippen molar-refractivity contribution in [3.8, 4) is 16.3 Å². The van der Waals surface area contributed by atoms with Crippen molar-refractivity contribution >= 4 is 28.8 Å². The third-order valence-electron chi connectivity index (χ3n) is 7.07. The molecule has 2 amide bonds. The van der Waals surface area contributed by atoms with Crippen LogP contribution in [-0.2, 0) is 11.3 Å². The van der Waals surface area contributed by atoms with Crippen molar-refractivity contribution in [2.24, 2.45) is 0 Å². The standard InChI is InChI=1S/C27H32N4O3S/c1-4-34-23-13-12-20(15-18(23)2)31-25(32)22-16-21(24-11-8-14-35-24)29-30(22)17-27(31,3)26(33)28-19-9-6-5-7-10-19/h8,11-16,19H,4-7,9-10,17H2,1-3H3,(H,28,33). The molecule has 1 aliphatic heterocycles. The molecule has 8 heteroatoms. The van der Waals surface area contributed by atoms with Crippen LogP contribution in [0.15, 0.2) is 41.8 Å². The molecule has 0 spiro atoms. The summed E-state index contributed by atoms with van der Waals surface area (Å²) in [5.74, 6) is 0.415. The largest absolute Gasteiger partial charge is 0.494 e. The van der Waals surface area contributed by atoms with Crippen molar-refractivity contribution in [1.82, 2.24) is 15.1 Å². The van der Waals surface area contributed by atoms with Crippen LogP contribution < -0.4 is 15.0 Å². The Hall–Kier alpha value is -3.13. The number of benzene rings is 1. The van der Waals surface area contributed by atoms with Crippen LogP contribution in [0.2, 0.25) is 0 Å². The number of nitrogens with zero attached hydrogens (tertiary/aromatic N) is 3. The zero-order valence-corrected chi connectivity index (χ0v) is 21.4. The van der Waals surface area contributed by atoms with Gasteiger partial charge in [0.25, 0.3) is 5.91 Å². The minimum absolute atomic E-state index is 0.136. The molecule has 2 aliphatic rings. The molecule has 1 N–H and O–H groups in total. The van der Waals surface area contributed by atoms with Crippen LogP contribution in [0.4, 0.5) is 5.69 Å². The van der Waals surface area contributed by atoms with E-state index in [1.54, 1.807) is 20.9 Å². The second kappa shape index (κ2) is 9.49. The summed E-state index contributed by atoms with van der Waals surface area (Å²) < 4.78 is 7.42. The van der Waals surface area contributed by atoms with Gasteiger partial charge in [0.05, 0.1) is 18.0 Å². The highest BCUT2D eigenvalue weighted by atomic mass is 32.1. The van der Waals surface area contributed by atoms with Crippen LogP contribution in [0, 0.1) is 6.92 Å².